The predicted molar refractivity (Wildman–Crippen MR) is 87.5 cm³/mol. The highest BCUT2D eigenvalue weighted by atomic mass is 16.3. The van der Waals surface area contributed by atoms with Crippen LogP contribution in [-0.4, -0.2) is 16.7 Å². The molecule has 0 atom stereocenters. The van der Waals surface area contributed by atoms with E-state index in [-0.39, 0.29) is 16.9 Å². The summed E-state index contributed by atoms with van der Waals surface area (Å²) < 4.78 is 0. The van der Waals surface area contributed by atoms with Crippen LogP contribution in [0.15, 0.2) is 48.6 Å². The second-order valence-electron chi connectivity index (χ2n) is 4.02. The quantitative estimate of drug-likeness (QED) is 0.379. The summed E-state index contributed by atoms with van der Waals surface area (Å²) in [4.78, 5) is 23.9. The number of carbonyl (C=O) groups is 2. The number of hydrogen-bond acceptors (Lipinski definition) is 3. The first kappa shape index (κ1) is 18.6. The van der Waals surface area contributed by atoms with Crippen molar-refractivity contribution in [1.29, 1.82) is 0 Å². The minimum Gasteiger partial charge on any atom is -0.507 e. The van der Waals surface area contributed by atoms with Gasteiger partial charge in [-0.1, -0.05) is 50.8 Å². The number of phenols is 1. The van der Waals surface area contributed by atoms with Gasteiger partial charge in [0.25, 0.3) is 0 Å². The normalized spacial score (nSPS) is 10.8. The third-order valence-corrected chi connectivity index (χ3v) is 2.56. The fourth-order valence-electron chi connectivity index (χ4n) is 1.59. The van der Waals surface area contributed by atoms with E-state index in [2.05, 4.69) is 6.58 Å². The third-order valence-electron chi connectivity index (χ3n) is 2.56. The number of carbonyl (C=O) groups excluding carboxylic acids is 2. The fraction of sp³-hybridized carbons (Fsp3) is 0.222. The maximum Gasteiger partial charge on any atom is 0.236 e. The molecule has 3 heteroatoms. The Kier molecular flexibility index (Phi) is 8.39. The molecule has 0 aliphatic rings. The highest BCUT2D eigenvalue weighted by Gasteiger charge is 2.20. The minimum atomic E-state index is -0.723. The smallest absolute Gasteiger partial charge is 0.236 e. The lowest BCUT2D eigenvalue weighted by Gasteiger charge is -2.04. The molecule has 1 aromatic rings. The molecule has 0 saturated heterocycles. The Labute approximate surface area is 126 Å². The van der Waals surface area contributed by atoms with Gasteiger partial charge in [0, 0.05) is 5.57 Å². The summed E-state index contributed by atoms with van der Waals surface area (Å²) in [5.41, 5.74) is 1.05. The number of aromatic hydroxyl groups is 1. The average Bonchev–Trinajstić information content (AvgIpc) is 2.50. The zero-order valence-corrected chi connectivity index (χ0v) is 13.0. The molecule has 0 aliphatic heterocycles. The van der Waals surface area contributed by atoms with E-state index in [1.54, 1.807) is 12.1 Å². The second-order valence-corrected chi connectivity index (χ2v) is 4.02. The topological polar surface area (TPSA) is 54.4 Å². The SMILES string of the molecule is C=C/C=C(\C)C(=O)C(=O)c1cc(/C=C/C)ccc1O.CC. The van der Waals surface area contributed by atoms with Gasteiger partial charge in [0.05, 0.1) is 5.56 Å². The number of hydrogen-bond donors (Lipinski definition) is 1. The van der Waals surface area contributed by atoms with Gasteiger partial charge in [-0.15, -0.1) is 0 Å². The average molecular weight is 286 g/mol. The lowest BCUT2D eigenvalue weighted by molar-refractivity contribution is -0.111. The Hall–Kier alpha value is -2.42. The van der Waals surface area contributed by atoms with E-state index in [4.69, 9.17) is 0 Å². The number of phenolic OH excluding ortho intramolecular Hbond substituents is 1. The summed E-state index contributed by atoms with van der Waals surface area (Å²) in [5.74, 6) is -1.56. The Morgan fingerprint density at radius 3 is 2.38 bits per heavy atom. The number of Topliss-reactive ketones (excluding diaryl/α,β-unsaturated/α-hetero) is 2. The van der Waals surface area contributed by atoms with Crippen molar-refractivity contribution in [2.24, 2.45) is 0 Å². The highest BCUT2D eigenvalue weighted by Crippen LogP contribution is 2.21. The molecule has 0 radical (unpaired) electrons. The Morgan fingerprint density at radius 1 is 1.24 bits per heavy atom. The van der Waals surface area contributed by atoms with E-state index in [1.807, 2.05) is 26.8 Å². The first-order valence-corrected chi connectivity index (χ1v) is 6.85. The molecule has 1 N–H and O–H groups in total. The zero-order chi connectivity index (χ0) is 16.4. The van der Waals surface area contributed by atoms with Crippen molar-refractivity contribution in [3.63, 3.8) is 0 Å². The van der Waals surface area contributed by atoms with Gasteiger partial charge in [-0.2, -0.15) is 0 Å². The van der Waals surface area contributed by atoms with Crippen LogP contribution in [-0.2, 0) is 4.79 Å². The molecule has 0 saturated carbocycles. The summed E-state index contributed by atoms with van der Waals surface area (Å²) in [6, 6.07) is 4.57. The third kappa shape index (κ3) is 5.22. The molecule has 112 valence electrons. The van der Waals surface area contributed by atoms with Crippen molar-refractivity contribution in [2.45, 2.75) is 27.7 Å². The molecule has 3 nitrogen and oxygen atoms in total. The van der Waals surface area contributed by atoms with Gasteiger partial charge in [-0.3, -0.25) is 9.59 Å². The van der Waals surface area contributed by atoms with Crippen LogP contribution in [0.5, 0.6) is 5.75 Å². The lowest BCUT2D eigenvalue weighted by Crippen LogP contribution is -2.15. The Bertz CT molecular complexity index is 578. The molecule has 0 amide bonds. The zero-order valence-electron chi connectivity index (χ0n) is 13.0. The molecule has 1 rings (SSSR count). The second kappa shape index (κ2) is 9.48. The van der Waals surface area contributed by atoms with Crippen molar-refractivity contribution in [1.82, 2.24) is 0 Å². The molecule has 0 bridgehead atoms. The van der Waals surface area contributed by atoms with E-state index in [1.165, 1.54) is 31.2 Å². The van der Waals surface area contributed by atoms with Crippen molar-refractivity contribution in [3.8, 4) is 5.75 Å². The van der Waals surface area contributed by atoms with E-state index in [0.717, 1.165) is 5.56 Å². The van der Waals surface area contributed by atoms with Crippen LogP contribution in [0, 0.1) is 0 Å². The molecule has 0 fully saturated rings. The van der Waals surface area contributed by atoms with E-state index >= 15 is 0 Å². The molecule has 0 aliphatic carbocycles. The van der Waals surface area contributed by atoms with Crippen LogP contribution >= 0.6 is 0 Å². The largest absolute Gasteiger partial charge is 0.507 e. The fourth-order valence-corrected chi connectivity index (χ4v) is 1.59. The van der Waals surface area contributed by atoms with Gasteiger partial charge >= 0.3 is 0 Å². The molecule has 0 aromatic heterocycles. The molecule has 0 spiro atoms. The van der Waals surface area contributed by atoms with Crippen LogP contribution in [0.25, 0.3) is 6.08 Å². The summed E-state index contributed by atoms with van der Waals surface area (Å²) >= 11 is 0. The van der Waals surface area contributed by atoms with E-state index < -0.39 is 11.6 Å². The van der Waals surface area contributed by atoms with Crippen LogP contribution < -0.4 is 0 Å². The van der Waals surface area contributed by atoms with Crippen LogP contribution in [0.3, 0.4) is 0 Å². The maximum absolute atomic E-state index is 12.0. The predicted octanol–water partition coefficient (Wildman–Crippen LogP) is 4.34. The summed E-state index contributed by atoms with van der Waals surface area (Å²) in [5, 5.41) is 9.70. The summed E-state index contributed by atoms with van der Waals surface area (Å²) in [6.07, 6.45) is 6.50. The number of ketones is 2. The highest BCUT2D eigenvalue weighted by molar-refractivity contribution is 6.49. The monoisotopic (exact) mass is 286 g/mol. The first-order chi connectivity index (χ1) is 10.0. The molecule has 0 heterocycles. The molecule has 0 unspecified atom stereocenters. The van der Waals surface area contributed by atoms with Gasteiger partial charge in [0.15, 0.2) is 0 Å². The molecular formula is C18H22O3. The van der Waals surface area contributed by atoms with Gasteiger partial charge < -0.3 is 5.11 Å². The molecule has 21 heavy (non-hydrogen) atoms. The minimum absolute atomic E-state index is 0.0115. The van der Waals surface area contributed by atoms with Gasteiger partial charge in [0.2, 0.25) is 11.6 Å². The van der Waals surface area contributed by atoms with Gasteiger partial charge in [-0.05, 0) is 31.5 Å². The van der Waals surface area contributed by atoms with Crippen molar-refractivity contribution in [2.75, 3.05) is 0 Å². The summed E-state index contributed by atoms with van der Waals surface area (Å²) in [7, 11) is 0. The van der Waals surface area contributed by atoms with E-state index in [0.29, 0.717) is 0 Å². The molecule has 1 aromatic carbocycles. The standard InChI is InChI=1S/C16H16O3.C2H6/c1-4-6-11(3)15(18)16(19)13-10-12(7-5-2)8-9-14(13)17;1-2/h4-10,17H,1H2,2-3H3;1-2H3/b7-5+,11-6+;. The maximum atomic E-state index is 12.0. The van der Waals surface area contributed by atoms with Crippen LogP contribution in [0.1, 0.15) is 43.6 Å². The Morgan fingerprint density at radius 2 is 1.86 bits per heavy atom. The van der Waals surface area contributed by atoms with Crippen LogP contribution in [0.4, 0.5) is 0 Å². The lowest BCUT2D eigenvalue weighted by atomic mass is 9.99. The number of benzene rings is 1. The van der Waals surface area contributed by atoms with Gasteiger partial charge in [-0.25, -0.2) is 0 Å². The number of allylic oxidation sites excluding steroid dienone is 4. The van der Waals surface area contributed by atoms with Crippen LogP contribution in [0.2, 0.25) is 0 Å². The van der Waals surface area contributed by atoms with Crippen molar-refractivity contribution in [3.05, 3.63) is 59.7 Å². The van der Waals surface area contributed by atoms with Crippen molar-refractivity contribution >= 4 is 17.6 Å². The number of rotatable bonds is 5. The van der Waals surface area contributed by atoms with E-state index in [9.17, 15) is 14.7 Å². The Balaban J connectivity index is 0.00000191. The van der Waals surface area contributed by atoms with Crippen molar-refractivity contribution < 1.29 is 14.7 Å². The first-order valence-electron chi connectivity index (χ1n) is 6.85. The van der Waals surface area contributed by atoms with Gasteiger partial charge in [0.1, 0.15) is 5.75 Å². The summed E-state index contributed by atoms with van der Waals surface area (Å²) in [6.45, 7) is 10.9. The molecular weight excluding hydrogens is 264 g/mol.